The van der Waals surface area contributed by atoms with Crippen LogP contribution < -0.4 is 10.1 Å². The van der Waals surface area contributed by atoms with Crippen LogP contribution in [0.1, 0.15) is 17.5 Å². The van der Waals surface area contributed by atoms with E-state index < -0.39 is 16.7 Å². The molecule has 0 atom stereocenters. The molecular formula is C11H10N4O5. The van der Waals surface area contributed by atoms with Gasteiger partial charge < -0.3 is 14.5 Å². The van der Waals surface area contributed by atoms with Gasteiger partial charge in [-0.1, -0.05) is 0 Å². The van der Waals surface area contributed by atoms with E-state index in [1.54, 1.807) is 6.92 Å². The molecule has 0 spiro atoms. The van der Waals surface area contributed by atoms with E-state index in [-0.39, 0.29) is 11.6 Å². The van der Waals surface area contributed by atoms with Crippen molar-refractivity contribution in [3.05, 3.63) is 40.1 Å². The summed E-state index contributed by atoms with van der Waals surface area (Å²) in [6, 6.07) is 5.33. The molecule has 0 saturated carbocycles. The smallest absolute Gasteiger partial charge is 0.433 e. The molecule has 0 radical (unpaired) electrons. The Kier molecular flexibility index (Phi) is 3.89. The molecule has 0 bridgehead atoms. The maximum atomic E-state index is 11.7. The molecule has 0 aliphatic carbocycles. The number of rotatable bonds is 5. The standard InChI is InChI=1S/C11H10N4O5/c1-2-19-9-5-4-8(13-14-9)12-11(16)7-3-6-10(20-7)15(17)18/h3-6H,2H2,1H3,(H,12,13,16). The fourth-order valence-electron chi connectivity index (χ4n) is 1.34. The van der Waals surface area contributed by atoms with Gasteiger partial charge in [-0.05, 0) is 19.1 Å². The number of hydrogen-bond acceptors (Lipinski definition) is 7. The van der Waals surface area contributed by atoms with Gasteiger partial charge in [0.2, 0.25) is 5.88 Å². The average molecular weight is 278 g/mol. The van der Waals surface area contributed by atoms with Crippen LogP contribution in [0, 0.1) is 10.1 Å². The second-order valence-electron chi connectivity index (χ2n) is 3.54. The van der Waals surface area contributed by atoms with Crippen LogP contribution in [0.2, 0.25) is 0 Å². The molecule has 1 amide bonds. The summed E-state index contributed by atoms with van der Waals surface area (Å²) in [7, 11) is 0. The Labute approximate surface area is 112 Å². The molecule has 9 heteroatoms. The molecule has 0 aliphatic heterocycles. The van der Waals surface area contributed by atoms with E-state index in [0.717, 1.165) is 6.07 Å². The number of nitrogens with one attached hydrogen (secondary N) is 1. The molecule has 104 valence electrons. The molecule has 2 rings (SSSR count). The van der Waals surface area contributed by atoms with Crippen LogP contribution in [0.3, 0.4) is 0 Å². The van der Waals surface area contributed by atoms with Crippen molar-refractivity contribution in [2.45, 2.75) is 6.92 Å². The van der Waals surface area contributed by atoms with Crippen molar-refractivity contribution in [3.63, 3.8) is 0 Å². The number of carbonyl (C=O) groups is 1. The molecule has 2 aromatic heterocycles. The van der Waals surface area contributed by atoms with Crippen LogP contribution in [0.5, 0.6) is 5.88 Å². The average Bonchev–Trinajstić information content (AvgIpc) is 2.91. The summed E-state index contributed by atoms with van der Waals surface area (Å²) in [5.41, 5.74) is 0. The lowest BCUT2D eigenvalue weighted by molar-refractivity contribution is -0.402. The first kappa shape index (κ1) is 13.5. The first-order valence-corrected chi connectivity index (χ1v) is 5.62. The number of nitro groups is 1. The SMILES string of the molecule is CCOc1ccc(NC(=O)c2ccc([N+](=O)[O-])o2)nn1. The molecule has 20 heavy (non-hydrogen) atoms. The summed E-state index contributed by atoms with van der Waals surface area (Å²) < 4.78 is 9.86. The summed E-state index contributed by atoms with van der Waals surface area (Å²) >= 11 is 0. The van der Waals surface area contributed by atoms with Crippen molar-refractivity contribution < 1.29 is 18.9 Å². The normalized spacial score (nSPS) is 10.1. The van der Waals surface area contributed by atoms with Gasteiger partial charge in [-0.25, -0.2) is 0 Å². The van der Waals surface area contributed by atoms with Gasteiger partial charge in [-0.2, -0.15) is 0 Å². The van der Waals surface area contributed by atoms with Gasteiger partial charge in [-0.3, -0.25) is 14.9 Å². The van der Waals surface area contributed by atoms with Crippen LogP contribution >= 0.6 is 0 Å². The van der Waals surface area contributed by atoms with Crippen molar-refractivity contribution >= 4 is 17.6 Å². The number of carbonyl (C=O) groups excluding carboxylic acids is 1. The van der Waals surface area contributed by atoms with Gasteiger partial charge in [0.1, 0.15) is 4.92 Å². The number of hydrogen-bond donors (Lipinski definition) is 1. The van der Waals surface area contributed by atoms with Crippen LogP contribution in [0.25, 0.3) is 0 Å². The number of anilines is 1. The van der Waals surface area contributed by atoms with E-state index >= 15 is 0 Å². The third kappa shape index (κ3) is 3.07. The zero-order valence-corrected chi connectivity index (χ0v) is 10.4. The van der Waals surface area contributed by atoms with E-state index in [2.05, 4.69) is 15.5 Å². The highest BCUT2D eigenvalue weighted by atomic mass is 16.6. The third-order valence-corrected chi connectivity index (χ3v) is 2.17. The number of ether oxygens (including phenoxy) is 1. The van der Waals surface area contributed by atoms with Crippen LogP contribution in [0.4, 0.5) is 11.7 Å². The maximum absolute atomic E-state index is 11.7. The van der Waals surface area contributed by atoms with E-state index in [4.69, 9.17) is 9.15 Å². The van der Waals surface area contributed by atoms with Crippen molar-refractivity contribution in [2.24, 2.45) is 0 Å². The Morgan fingerprint density at radius 1 is 1.40 bits per heavy atom. The van der Waals surface area contributed by atoms with Crippen LogP contribution in [0.15, 0.2) is 28.7 Å². The Balaban J connectivity index is 2.04. The second-order valence-corrected chi connectivity index (χ2v) is 3.54. The summed E-state index contributed by atoms with van der Waals surface area (Å²) in [6.45, 7) is 2.26. The predicted octanol–water partition coefficient (Wildman–Crippen LogP) is 1.63. The highest BCUT2D eigenvalue weighted by Crippen LogP contribution is 2.17. The molecule has 0 fully saturated rings. The van der Waals surface area contributed by atoms with Gasteiger partial charge in [0.25, 0.3) is 5.91 Å². The predicted molar refractivity (Wildman–Crippen MR) is 66.5 cm³/mol. The summed E-state index contributed by atoms with van der Waals surface area (Å²) in [6.07, 6.45) is 0. The second kappa shape index (κ2) is 5.78. The van der Waals surface area contributed by atoms with Gasteiger partial charge in [0.15, 0.2) is 11.6 Å². The lowest BCUT2D eigenvalue weighted by atomic mass is 10.4. The number of nitrogens with zero attached hydrogens (tertiary/aromatic N) is 3. The third-order valence-electron chi connectivity index (χ3n) is 2.17. The van der Waals surface area contributed by atoms with E-state index in [1.165, 1.54) is 18.2 Å². The fraction of sp³-hybridized carbons (Fsp3) is 0.182. The Hall–Kier alpha value is -2.97. The highest BCUT2D eigenvalue weighted by Gasteiger charge is 2.17. The Morgan fingerprint density at radius 2 is 2.20 bits per heavy atom. The molecule has 0 aromatic carbocycles. The van der Waals surface area contributed by atoms with Crippen molar-refractivity contribution in [3.8, 4) is 5.88 Å². The number of aromatic nitrogens is 2. The zero-order chi connectivity index (χ0) is 14.5. The van der Waals surface area contributed by atoms with E-state index in [1.807, 2.05) is 0 Å². The number of furan rings is 1. The van der Waals surface area contributed by atoms with Crippen LogP contribution in [-0.4, -0.2) is 27.6 Å². The number of amides is 1. The monoisotopic (exact) mass is 278 g/mol. The minimum Gasteiger partial charge on any atom is -0.477 e. The lowest BCUT2D eigenvalue weighted by Gasteiger charge is -2.03. The van der Waals surface area contributed by atoms with Gasteiger partial charge in [0.05, 0.1) is 12.7 Å². The molecule has 9 nitrogen and oxygen atoms in total. The highest BCUT2D eigenvalue weighted by molar-refractivity contribution is 6.01. The van der Waals surface area contributed by atoms with Crippen molar-refractivity contribution in [1.82, 2.24) is 10.2 Å². The van der Waals surface area contributed by atoms with Crippen LogP contribution in [-0.2, 0) is 0 Å². The molecule has 0 unspecified atom stereocenters. The Morgan fingerprint density at radius 3 is 2.75 bits per heavy atom. The van der Waals surface area contributed by atoms with E-state index in [0.29, 0.717) is 12.5 Å². The molecule has 0 aliphatic rings. The fourth-order valence-corrected chi connectivity index (χ4v) is 1.34. The van der Waals surface area contributed by atoms with Gasteiger partial charge >= 0.3 is 5.88 Å². The molecule has 1 N–H and O–H groups in total. The topological polar surface area (TPSA) is 120 Å². The first-order valence-electron chi connectivity index (χ1n) is 5.62. The minimum absolute atomic E-state index is 0.178. The van der Waals surface area contributed by atoms with E-state index in [9.17, 15) is 14.9 Å². The lowest BCUT2D eigenvalue weighted by Crippen LogP contribution is -2.12. The zero-order valence-electron chi connectivity index (χ0n) is 10.4. The summed E-state index contributed by atoms with van der Waals surface area (Å²) in [4.78, 5) is 21.4. The summed E-state index contributed by atoms with van der Waals surface area (Å²) in [5, 5.41) is 20.3. The van der Waals surface area contributed by atoms with Gasteiger partial charge in [0, 0.05) is 6.07 Å². The van der Waals surface area contributed by atoms with Crippen molar-refractivity contribution in [2.75, 3.05) is 11.9 Å². The van der Waals surface area contributed by atoms with Gasteiger partial charge in [-0.15, -0.1) is 10.2 Å². The summed E-state index contributed by atoms with van der Waals surface area (Å²) in [5.74, 6) is -0.839. The minimum atomic E-state index is -0.729. The quantitative estimate of drug-likeness (QED) is 0.651. The molecular weight excluding hydrogens is 268 g/mol. The Bertz CT molecular complexity index is 622. The molecule has 0 saturated heterocycles. The maximum Gasteiger partial charge on any atom is 0.433 e. The molecule has 2 heterocycles. The van der Waals surface area contributed by atoms with Crippen molar-refractivity contribution in [1.29, 1.82) is 0 Å². The largest absolute Gasteiger partial charge is 0.477 e. The molecule has 2 aromatic rings. The first-order chi connectivity index (χ1) is 9.60.